The van der Waals surface area contributed by atoms with Gasteiger partial charge < -0.3 is 9.64 Å². The second-order valence-corrected chi connectivity index (χ2v) is 4.53. The lowest BCUT2D eigenvalue weighted by Gasteiger charge is -2.34. The second-order valence-electron chi connectivity index (χ2n) is 4.53. The van der Waals surface area contributed by atoms with Crippen LogP contribution in [0.5, 0.6) is 0 Å². The van der Waals surface area contributed by atoms with Gasteiger partial charge in [-0.2, -0.15) is 0 Å². The van der Waals surface area contributed by atoms with Crippen LogP contribution in [0.3, 0.4) is 0 Å². The predicted molar refractivity (Wildman–Crippen MR) is 53.8 cm³/mol. The summed E-state index contributed by atoms with van der Waals surface area (Å²) in [6.45, 7) is 4.69. The van der Waals surface area contributed by atoms with E-state index < -0.39 is 0 Å². The van der Waals surface area contributed by atoms with Crippen LogP contribution in [0.2, 0.25) is 0 Å². The number of hydrogen-bond donors (Lipinski definition) is 0. The van der Waals surface area contributed by atoms with Gasteiger partial charge in [0.1, 0.15) is 0 Å². The molecule has 2 nitrogen and oxygen atoms in total. The lowest BCUT2D eigenvalue weighted by molar-refractivity contribution is 0.0967. The summed E-state index contributed by atoms with van der Waals surface area (Å²) in [6.07, 6.45) is 5.90. The third-order valence-electron chi connectivity index (χ3n) is 3.74. The monoisotopic (exact) mass is 183 g/mol. The molecule has 76 valence electrons. The predicted octanol–water partition coefficient (Wildman–Crippen LogP) is 1.75. The first kappa shape index (κ1) is 9.47. The van der Waals surface area contributed by atoms with Crippen molar-refractivity contribution in [2.75, 3.05) is 33.4 Å². The molecule has 0 aromatic carbocycles. The number of methoxy groups -OCH3 is 1. The molecule has 2 atom stereocenters. The van der Waals surface area contributed by atoms with Crippen LogP contribution in [0.15, 0.2) is 0 Å². The van der Waals surface area contributed by atoms with E-state index >= 15 is 0 Å². The molecule has 0 aromatic rings. The van der Waals surface area contributed by atoms with Crippen LogP contribution in [0.25, 0.3) is 0 Å². The van der Waals surface area contributed by atoms with E-state index in [9.17, 15) is 0 Å². The van der Waals surface area contributed by atoms with Gasteiger partial charge in [-0.15, -0.1) is 0 Å². The van der Waals surface area contributed by atoms with Crippen molar-refractivity contribution in [3.05, 3.63) is 0 Å². The van der Waals surface area contributed by atoms with Gasteiger partial charge in [0.2, 0.25) is 0 Å². The minimum absolute atomic E-state index is 0.900. The summed E-state index contributed by atoms with van der Waals surface area (Å²) in [7, 11) is 1.79. The van der Waals surface area contributed by atoms with E-state index in [0.717, 1.165) is 25.0 Å². The molecule has 1 saturated heterocycles. The molecule has 0 radical (unpaired) electrons. The van der Waals surface area contributed by atoms with Crippen molar-refractivity contribution >= 4 is 0 Å². The summed E-state index contributed by atoms with van der Waals surface area (Å²) in [5, 5.41) is 0. The quantitative estimate of drug-likeness (QED) is 0.661. The van der Waals surface area contributed by atoms with Gasteiger partial charge in [0.25, 0.3) is 0 Å². The number of likely N-dealkylation sites (tertiary alicyclic amines) is 1. The first-order chi connectivity index (χ1) is 6.40. The number of piperidine rings is 1. The Labute approximate surface area is 81.3 Å². The van der Waals surface area contributed by atoms with Gasteiger partial charge >= 0.3 is 0 Å². The van der Waals surface area contributed by atoms with E-state index in [2.05, 4.69) is 4.90 Å². The summed E-state index contributed by atoms with van der Waals surface area (Å²) in [6, 6.07) is 0. The summed E-state index contributed by atoms with van der Waals surface area (Å²) in [5.41, 5.74) is 0. The van der Waals surface area contributed by atoms with E-state index in [1.165, 1.54) is 38.8 Å². The minimum atomic E-state index is 0.900. The Balaban J connectivity index is 1.76. The maximum Gasteiger partial charge on any atom is 0.0589 e. The highest BCUT2D eigenvalue weighted by Crippen LogP contribution is 2.37. The van der Waals surface area contributed by atoms with Gasteiger partial charge in [0, 0.05) is 20.2 Å². The van der Waals surface area contributed by atoms with E-state index in [-0.39, 0.29) is 0 Å². The largest absolute Gasteiger partial charge is 0.383 e. The molecule has 1 aliphatic carbocycles. The van der Waals surface area contributed by atoms with Gasteiger partial charge in [-0.1, -0.05) is 12.8 Å². The Morgan fingerprint density at radius 3 is 2.92 bits per heavy atom. The molecule has 0 bridgehead atoms. The fourth-order valence-electron chi connectivity index (χ4n) is 2.93. The van der Waals surface area contributed by atoms with Gasteiger partial charge in [0.05, 0.1) is 6.61 Å². The Morgan fingerprint density at radius 1 is 1.23 bits per heavy atom. The molecule has 0 spiro atoms. The molecule has 1 aliphatic heterocycles. The Hall–Kier alpha value is -0.0800. The number of hydrogen-bond acceptors (Lipinski definition) is 2. The van der Waals surface area contributed by atoms with Crippen LogP contribution in [0, 0.1) is 11.8 Å². The molecule has 0 aromatic heterocycles. The first-order valence-electron chi connectivity index (χ1n) is 5.61. The zero-order valence-corrected chi connectivity index (χ0v) is 8.67. The fourth-order valence-corrected chi connectivity index (χ4v) is 2.93. The Bertz CT molecular complexity index is 160. The van der Waals surface area contributed by atoms with Crippen LogP contribution in [-0.4, -0.2) is 38.3 Å². The van der Waals surface area contributed by atoms with Gasteiger partial charge in [-0.25, -0.2) is 0 Å². The van der Waals surface area contributed by atoms with Crippen LogP contribution in [0.1, 0.15) is 25.7 Å². The molecule has 2 fully saturated rings. The Morgan fingerprint density at radius 2 is 2.08 bits per heavy atom. The Kier molecular flexibility index (Phi) is 3.23. The average molecular weight is 183 g/mol. The molecule has 2 aliphatic rings. The van der Waals surface area contributed by atoms with E-state index in [1.54, 1.807) is 7.11 Å². The highest BCUT2D eigenvalue weighted by Gasteiger charge is 2.32. The van der Waals surface area contributed by atoms with Gasteiger partial charge in [-0.3, -0.25) is 0 Å². The topological polar surface area (TPSA) is 12.5 Å². The highest BCUT2D eigenvalue weighted by atomic mass is 16.5. The third kappa shape index (κ3) is 2.23. The SMILES string of the molecule is COCCN1CC[C@H]2CCC[C@H]2C1. The second kappa shape index (κ2) is 4.43. The van der Waals surface area contributed by atoms with E-state index in [1.807, 2.05) is 0 Å². The van der Waals surface area contributed by atoms with Crippen molar-refractivity contribution in [2.45, 2.75) is 25.7 Å². The number of rotatable bonds is 3. The average Bonchev–Trinajstić information content (AvgIpc) is 2.61. The zero-order chi connectivity index (χ0) is 9.10. The summed E-state index contributed by atoms with van der Waals surface area (Å²) in [4.78, 5) is 2.58. The smallest absolute Gasteiger partial charge is 0.0589 e. The lowest BCUT2D eigenvalue weighted by Crippen LogP contribution is -2.39. The maximum atomic E-state index is 5.11. The fraction of sp³-hybridized carbons (Fsp3) is 1.00. The summed E-state index contributed by atoms with van der Waals surface area (Å²) < 4.78 is 5.11. The first-order valence-corrected chi connectivity index (χ1v) is 5.61. The highest BCUT2D eigenvalue weighted by molar-refractivity contribution is 4.84. The summed E-state index contributed by atoms with van der Waals surface area (Å²) >= 11 is 0. The number of ether oxygens (including phenoxy) is 1. The van der Waals surface area contributed by atoms with Crippen LogP contribution in [-0.2, 0) is 4.74 Å². The number of nitrogens with zero attached hydrogens (tertiary/aromatic N) is 1. The lowest BCUT2D eigenvalue weighted by atomic mass is 9.89. The molecule has 0 amide bonds. The van der Waals surface area contributed by atoms with Crippen molar-refractivity contribution in [3.63, 3.8) is 0 Å². The molecular formula is C11H21NO. The van der Waals surface area contributed by atoms with E-state index in [4.69, 9.17) is 4.74 Å². The normalized spacial score (nSPS) is 34.8. The molecule has 2 rings (SSSR count). The molecule has 2 heteroatoms. The number of fused-ring (bicyclic) bond motifs is 1. The van der Waals surface area contributed by atoms with Crippen molar-refractivity contribution in [3.8, 4) is 0 Å². The third-order valence-corrected chi connectivity index (χ3v) is 3.74. The van der Waals surface area contributed by atoms with Crippen molar-refractivity contribution in [2.24, 2.45) is 11.8 Å². The molecule has 13 heavy (non-hydrogen) atoms. The molecule has 1 heterocycles. The van der Waals surface area contributed by atoms with Gasteiger partial charge in [0.15, 0.2) is 0 Å². The minimum Gasteiger partial charge on any atom is -0.383 e. The maximum absolute atomic E-state index is 5.11. The van der Waals surface area contributed by atoms with Crippen molar-refractivity contribution < 1.29 is 4.74 Å². The standard InChI is InChI=1S/C11H21NO/c1-13-8-7-12-6-5-10-3-2-4-11(10)9-12/h10-11H,2-9H2,1H3/t10-,11+/m1/s1. The van der Waals surface area contributed by atoms with Crippen LogP contribution in [0.4, 0.5) is 0 Å². The zero-order valence-electron chi connectivity index (χ0n) is 8.67. The van der Waals surface area contributed by atoms with Crippen LogP contribution < -0.4 is 0 Å². The van der Waals surface area contributed by atoms with Crippen LogP contribution >= 0.6 is 0 Å². The summed E-state index contributed by atoms with van der Waals surface area (Å²) in [5.74, 6) is 2.09. The van der Waals surface area contributed by atoms with Gasteiger partial charge in [-0.05, 0) is 31.2 Å². The van der Waals surface area contributed by atoms with E-state index in [0.29, 0.717) is 0 Å². The molecular weight excluding hydrogens is 162 g/mol. The molecule has 1 saturated carbocycles. The molecule has 0 N–H and O–H groups in total. The van der Waals surface area contributed by atoms with Crippen molar-refractivity contribution in [1.29, 1.82) is 0 Å². The van der Waals surface area contributed by atoms with Crippen molar-refractivity contribution in [1.82, 2.24) is 4.90 Å². The molecule has 0 unspecified atom stereocenters.